The topological polar surface area (TPSA) is 93.4 Å². The van der Waals surface area contributed by atoms with E-state index in [4.69, 9.17) is 4.74 Å². The molecule has 5 rings (SSSR count). The molecule has 8 heteroatoms. The molecule has 0 saturated carbocycles. The van der Waals surface area contributed by atoms with Gasteiger partial charge in [0.25, 0.3) is 0 Å². The molecule has 2 aliphatic rings. The number of hydrogen-bond acceptors (Lipinski definition) is 6. The quantitative estimate of drug-likeness (QED) is 0.713. The van der Waals surface area contributed by atoms with Crippen LogP contribution in [0, 0.1) is 13.8 Å². The van der Waals surface area contributed by atoms with E-state index in [-0.39, 0.29) is 11.7 Å². The van der Waals surface area contributed by atoms with Crippen molar-refractivity contribution in [1.29, 1.82) is 0 Å². The highest BCUT2D eigenvalue weighted by molar-refractivity contribution is 5.94. The number of fused-ring (bicyclic) bond motifs is 2. The maximum Gasteiger partial charge on any atom is 0.335 e. The first-order valence-corrected chi connectivity index (χ1v) is 10.00. The van der Waals surface area contributed by atoms with Crippen LogP contribution < -0.4 is 4.90 Å². The second-order valence-corrected chi connectivity index (χ2v) is 8.07. The number of benzene rings is 1. The number of aromatic nitrogens is 4. The van der Waals surface area contributed by atoms with Crippen LogP contribution >= 0.6 is 0 Å². The van der Waals surface area contributed by atoms with E-state index in [1.807, 2.05) is 27.0 Å². The smallest absolute Gasteiger partial charge is 0.335 e. The number of carboxylic acids is 1. The Morgan fingerprint density at radius 3 is 2.50 bits per heavy atom. The third kappa shape index (κ3) is 2.95. The van der Waals surface area contributed by atoms with Crippen LogP contribution in [0.15, 0.2) is 30.7 Å². The Balaban J connectivity index is 1.56. The summed E-state index contributed by atoms with van der Waals surface area (Å²) in [4.78, 5) is 23.3. The normalized spacial score (nSPS) is 20.2. The molecule has 0 unspecified atom stereocenters. The van der Waals surface area contributed by atoms with Gasteiger partial charge in [0.05, 0.1) is 36.2 Å². The van der Waals surface area contributed by atoms with E-state index in [9.17, 15) is 9.90 Å². The van der Waals surface area contributed by atoms with Gasteiger partial charge in [0.15, 0.2) is 0 Å². The van der Waals surface area contributed by atoms with Crippen LogP contribution in [-0.2, 0) is 11.8 Å². The predicted molar refractivity (Wildman–Crippen MR) is 112 cm³/mol. The lowest BCUT2D eigenvalue weighted by atomic mass is 9.93. The van der Waals surface area contributed by atoms with Crippen molar-refractivity contribution in [3.8, 4) is 22.4 Å². The number of carboxylic acid groups (broad SMARTS) is 1. The summed E-state index contributed by atoms with van der Waals surface area (Å²) in [7, 11) is 1.86. The van der Waals surface area contributed by atoms with Crippen LogP contribution in [0.4, 0.5) is 5.95 Å². The number of carbonyl (C=O) groups is 1. The summed E-state index contributed by atoms with van der Waals surface area (Å²) in [5.74, 6) is -0.260. The zero-order valence-corrected chi connectivity index (χ0v) is 17.2. The number of rotatable bonds is 4. The van der Waals surface area contributed by atoms with Crippen molar-refractivity contribution >= 4 is 11.9 Å². The summed E-state index contributed by atoms with van der Waals surface area (Å²) >= 11 is 0. The molecule has 4 heterocycles. The molecule has 0 radical (unpaired) electrons. The minimum Gasteiger partial charge on any atom is -0.478 e. The molecule has 0 spiro atoms. The molecule has 3 aromatic rings. The van der Waals surface area contributed by atoms with Gasteiger partial charge in [-0.1, -0.05) is 0 Å². The second-order valence-electron chi connectivity index (χ2n) is 8.07. The number of morpholine rings is 1. The zero-order chi connectivity index (χ0) is 21.0. The first-order chi connectivity index (χ1) is 14.4. The maximum absolute atomic E-state index is 11.9. The molecule has 1 aromatic carbocycles. The molecule has 2 bridgehead atoms. The molecule has 0 aliphatic carbocycles. The minimum atomic E-state index is -0.957. The lowest BCUT2D eigenvalue weighted by molar-refractivity contribution is 0.0696. The summed E-state index contributed by atoms with van der Waals surface area (Å²) in [6.45, 7) is 5.35. The lowest BCUT2D eigenvalue weighted by Crippen LogP contribution is -2.38. The Hall–Kier alpha value is -3.26. The fraction of sp³-hybridized carbons (Fsp3) is 0.364. The highest BCUT2D eigenvalue weighted by Crippen LogP contribution is 2.34. The number of ether oxygens (including phenoxy) is 1. The maximum atomic E-state index is 11.9. The zero-order valence-electron chi connectivity index (χ0n) is 17.2. The Bertz CT molecular complexity index is 1120. The van der Waals surface area contributed by atoms with Gasteiger partial charge in [0, 0.05) is 37.1 Å². The van der Waals surface area contributed by atoms with Gasteiger partial charge in [0.2, 0.25) is 5.95 Å². The van der Waals surface area contributed by atoms with E-state index >= 15 is 0 Å². The summed E-state index contributed by atoms with van der Waals surface area (Å²) in [5, 5.41) is 14.1. The molecule has 1 N–H and O–H groups in total. The van der Waals surface area contributed by atoms with E-state index in [0.717, 1.165) is 47.5 Å². The minimum absolute atomic E-state index is 0.265. The molecule has 0 amide bonds. The summed E-state index contributed by atoms with van der Waals surface area (Å²) in [5.41, 5.74) is 5.27. The van der Waals surface area contributed by atoms with Gasteiger partial charge in [0.1, 0.15) is 0 Å². The molecule has 2 aliphatic heterocycles. The van der Waals surface area contributed by atoms with Gasteiger partial charge in [-0.3, -0.25) is 4.68 Å². The van der Waals surface area contributed by atoms with E-state index in [1.54, 1.807) is 29.3 Å². The van der Waals surface area contributed by atoms with Crippen LogP contribution in [0.5, 0.6) is 0 Å². The monoisotopic (exact) mass is 405 g/mol. The highest BCUT2D eigenvalue weighted by atomic mass is 16.5. The molecule has 8 nitrogen and oxygen atoms in total. The largest absolute Gasteiger partial charge is 0.478 e. The number of aryl methyl sites for hydroxylation is 2. The van der Waals surface area contributed by atoms with Gasteiger partial charge >= 0.3 is 5.97 Å². The summed E-state index contributed by atoms with van der Waals surface area (Å²) in [6.07, 6.45) is 6.63. The predicted octanol–water partition coefficient (Wildman–Crippen LogP) is 2.84. The van der Waals surface area contributed by atoms with E-state index in [0.29, 0.717) is 17.6 Å². The van der Waals surface area contributed by atoms with Gasteiger partial charge < -0.3 is 14.7 Å². The van der Waals surface area contributed by atoms with Crippen molar-refractivity contribution in [2.45, 2.75) is 32.4 Å². The molecule has 154 valence electrons. The van der Waals surface area contributed by atoms with Crippen LogP contribution in [0.3, 0.4) is 0 Å². The van der Waals surface area contributed by atoms with Crippen molar-refractivity contribution < 1.29 is 14.6 Å². The summed E-state index contributed by atoms with van der Waals surface area (Å²) < 4.78 is 7.43. The molecule has 2 aromatic heterocycles. The van der Waals surface area contributed by atoms with Crippen LogP contribution in [0.2, 0.25) is 0 Å². The number of nitrogens with zero attached hydrogens (tertiary/aromatic N) is 5. The fourth-order valence-corrected chi connectivity index (χ4v) is 4.55. The highest BCUT2D eigenvalue weighted by Gasteiger charge is 2.40. The average Bonchev–Trinajstić information content (AvgIpc) is 3.45. The van der Waals surface area contributed by atoms with Crippen LogP contribution in [0.1, 0.15) is 27.9 Å². The Morgan fingerprint density at radius 1 is 1.17 bits per heavy atom. The van der Waals surface area contributed by atoms with E-state index in [2.05, 4.69) is 20.0 Å². The molecule has 30 heavy (non-hydrogen) atoms. The Morgan fingerprint density at radius 2 is 1.93 bits per heavy atom. The number of anilines is 1. The van der Waals surface area contributed by atoms with E-state index in [1.165, 1.54) is 0 Å². The van der Waals surface area contributed by atoms with Crippen molar-refractivity contribution in [3.63, 3.8) is 0 Å². The third-order valence-corrected chi connectivity index (χ3v) is 6.14. The van der Waals surface area contributed by atoms with Gasteiger partial charge in [-0.05, 0) is 49.1 Å². The van der Waals surface area contributed by atoms with Crippen molar-refractivity contribution in [2.24, 2.45) is 7.05 Å². The molecule has 2 saturated heterocycles. The molecular weight excluding hydrogens is 382 g/mol. The molecular formula is C22H23N5O3. The summed E-state index contributed by atoms with van der Waals surface area (Å²) in [6, 6.07) is 4.03. The van der Waals surface area contributed by atoms with Crippen LogP contribution in [0.25, 0.3) is 22.4 Å². The SMILES string of the molecule is Cc1cnn(C)c1-c1cc(-c2cnc(N3C[C@@H]4C[C@H]3CO4)nc2)cc(C(=O)O)c1C. The van der Waals surface area contributed by atoms with Gasteiger partial charge in [-0.2, -0.15) is 5.10 Å². The van der Waals surface area contributed by atoms with Gasteiger partial charge in [-0.25, -0.2) is 14.8 Å². The van der Waals surface area contributed by atoms with Crippen molar-refractivity contribution in [2.75, 3.05) is 18.1 Å². The van der Waals surface area contributed by atoms with Gasteiger partial charge in [-0.15, -0.1) is 0 Å². The van der Waals surface area contributed by atoms with Crippen molar-refractivity contribution in [3.05, 3.63) is 47.4 Å². The Kier molecular flexibility index (Phi) is 4.32. The second kappa shape index (κ2) is 6.91. The van der Waals surface area contributed by atoms with Crippen molar-refractivity contribution in [1.82, 2.24) is 19.7 Å². The number of hydrogen-bond donors (Lipinski definition) is 1. The fourth-order valence-electron chi connectivity index (χ4n) is 4.55. The first-order valence-electron chi connectivity index (χ1n) is 10.00. The average molecular weight is 405 g/mol. The van der Waals surface area contributed by atoms with Crippen LogP contribution in [-0.4, -0.2) is 56.1 Å². The standard InChI is InChI=1S/C22H23N5O3/c1-12-7-25-26(3)20(12)18-4-14(5-19(13(18)2)21(28)29)15-8-23-22(24-9-15)27-10-17-6-16(27)11-30-17/h4-5,7-9,16-17H,6,10-11H2,1-3H3,(H,28,29)/t16-,17-/m0/s1. The molecule has 2 fully saturated rings. The Labute approximate surface area is 174 Å². The molecule has 2 atom stereocenters. The van der Waals surface area contributed by atoms with E-state index < -0.39 is 5.97 Å². The number of aromatic carboxylic acids is 1. The third-order valence-electron chi connectivity index (χ3n) is 6.14. The first kappa shape index (κ1) is 18.7. The lowest BCUT2D eigenvalue weighted by Gasteiger charge is -2.26.